The maximum atomic E-state index is 11.8. The van der Waals surface area contributed by atoms with Crippen molar-refractivity contribution in [1.82, 2.24) is 10.2 Å². The number of aromatic hydroxyl groups is 1. The standard InChI is InChI=1S/C29H46N2O4/c1-5-20-24-15-19(33)10-12-29(24,4)23-11-13-28(3)21(8-9-22(28)26(23)27(20)35-16-32)17(2)6-7-18-14-25(34)31-30-18/h14,16-17,19-24,26-27,33H,5-13,15H2,1-4H3,(H2,30,31,34)/t17-,19-,20-,21-,22+,23+,24+,26+,27-,28-,29-/m1/s1. The van der Waals surface area contributed by atoms with Gasteiger partial charge in [0.05, 0.1) is 11.8 Å². The Bertz CT molecular complexity index is 903. The monoisotopic (exact) mass is 486 g/mol. The van der Waals surface area contributed by atoms with Crippen LogP contribution in [0.15, 0.2) is 6.07 Å². The van der Waals surface area contributed by atoms with E-state index >= 15 is 0 Å². The number of H-pyrrole nitrogens is 1. The molecule has 0 unspecified atom stereocenters. The molecule has 0 bridgehead atoms. The normalized spacial score (nSPS) is 45.7. The molecule has 0 saturated heterocycles. The Balaban J connectivity index is 1.41. The average molecular weight is 487 g/mol. The molecule has 4 aliphatic carbocycles. The van der Waals surface area contributed by atoms with Crippen LogP contribution in [-0.4, -0.2) is 39.1 Å². The summed E-state index contributed by atoms with van der Waals surface area (Å²) in [4.78, 5) is 11.8. The van der Waals surface area contributed by atoms with Crippen molar-refractivity contribution in [3.63, 3.8) is 0 Å². The van der Waals surface area contributed by atoms with Gasteiger partial charge in [0.15, 0.2) is 0 Å². The van der Waals surface area contributed by atoms with Gasteiger partial charge in [0.2, 0.25) is 5.88 Å². The molecule has 1 aromatic rings. The van der Waals surface area contributed by atoms with Crippen molar-refractivity contribution in [1.29, 1.82) is 0 Å². The van der Waals surface area contributed by atoms with Crippen molar-refractivity contribution in [3.05, 3.63) is 11.8 Å². The van der Waals surface area contributed by atoms with Gasteiger partial charge >= 0.3 is 0 Å². The van der Waals surface area contributed by atoms with Gasteiger partial charge in [0.25, 0.3) is 6.47 Å². The molecule has 0 aliphatic heterocycles. The molecule has 5 rings (SSSR count). The number of ether oxygens (including phenoxy) is 1. The Morgan fingerprint density at radius 1 is 1.17 bits per heavy atom. The molecule has 11 atom stereocenters. The van der Waals surface area contributed by atoms with E-state index < -0.39 is 0 Å². The van der Waals surface area contributed by atoms with E-state index in [1.165, 1.54) is 25.7 Å². The number of aromatic amines is 1. The molecule has 4 aliphatic rings. The van der Waals surface area contributed by atoms with E-state index in [-0.39, 0.29) is 28.9 Å². The number of aryl methyl sites for hydroxylation is 1. The molecule has 4 fully saturated rings. The zero-order chi connectivity index (χ0) is 25.0. The second kappa shape index (κ2) is 9.39. The van der Waals surface area contributed by atoms with Crippen LogP contribution >= 0.6 is 0 Å². The SMILES string of the molecule is CC[C@H]1[C@@H](OC=O)[C@@H]2[C@H](CC[C@]3(C)[C@@H]([C@H](C)CCc4cc(O)[nH]n4)CC[C@@H]23)[C@@]2(C)CC[C@@H](O)C[C@@H]12. The van der Waals surface area contributed by atoms with Crippen molar-refractivity contribution >= 4 is 6.47 Å². The lowest BCUT2D eigenvalue weighted by atomic mass is 9.41. The van der Waals surface area contributed by atoms with Crippen LogP contribution in [0.1, 0.15) is 91.2 Å². The highest BCUT2D eigenvalue weighted by molar-refractivity contribution is 5.38. The average Bonchev–Trinajstić information content (AvgIpc) is 3.41. The minimum absolute atomic E-state index is 0.0170. The van der Waals surface area contributed by atoms with Gasteiger partial charge < -0.3 is 14.9 Å². The van der Waals surface area contributed by atoms with E-state index in [1.54, 1.807) is 6.07 Å². The third kappa shape index (κ3) is 4.02. The van der Waals surface area contributed by atoms with Gasteiger partial charge in [-0.3, -0.25) is 4.79 Å². The third-order valence-corrected chi connectivity index (χ3v) is 11.8. The Hall–Kier alpha value is -1.56. The molecule has 0 radical (unpaired) electrons. The van der Waals surface area contributed by atoms with Crippen molar-refractivity contribution in [2.75, 3.05) is 0 Å². The minimum Gasteiger partial charge on any atom is -0.494 e. The summed E-state index contributed by atoms with van der Waals surface area (Å²) in [7, 11) is 0. The number of aromatic nitrogens is 2. The van der Waals surface area contributed by atoms with E-state index in [4.69, 9.17) is 4.74 Å². The number of nitrogens with zero attached hydrogens (tertiary/aromatic N) is 1. The molecular weight excluding hydrogens is 440 g/mol. The van der Waals surface area contributed by atoms with Crippen LogP contribution < -0.4 is 0 Å². The number of nitrogens with one attached hydrogen (secondary N) is 1. The Morgan fingerprint density at radius 3 is 2.60 bits per heavy atom. The molecule has 4 saturated carbocycles. The molecule has 0 spiro atoms. The largest absolute Gasteiger partial charge is 0.494 e. The number of rotatable bonds is 7. The molecule has 3 N–H and O–H groups in total. The first-order valence-corrected chi connectivity index (χ1v) is 14.2. The zero-order valence-corrected chi connectivity index (χ0v) is 22.1. The first-order valence-electron chi connectivity index (χ1n) is 14.2. The van der Waals surface area contributed by atoms with Crippen LogP contribution in [0.2, 0.25) is 0 Å². The van der Waals surface area contributed by atoms with Gasteiger partial charge in [-0.1, -0.05) is 27.7 Å². The van der Waals surface area contributed by atoms with E-state index in [1.807, 2.05) is 0 Å². The fraction of sp³-hybridized carbons (Fsp3) is 0.862. The maximum absolute atomic E-state index is 11.8. The maximum Gasteiger partial charge on any atom is 0.293 e. The second-order valence-corrected chi connectivity index (χ2v) is 13.1. The highest BCUT2D eigenvalue weighted by atomic mass is 16.5. The summed E-state index contributed by atoms with van der Waals surface area (Å²) >= 11 is 0. The summed E-state index contributed by atoms with van der Waals surface area (Å²) in [6.07, 6.45) is 10.6. The number of aliphatic hydroxyl groups excluding tert-OH is 1. The summed E-state index contributed by atoms with van der Waals surface area (Å²) in [6.45, 7) is 10.4. The molecule has 6 heteroatoms. The van der Waals surface area contributed by atoms with Crippen LogP contribution in [-0.2, 0) is 16.0 Å². The fourth-order valence-corrected chi connectivity index (χ4v) is 10.2. The van der Waals surface area contributed by atoms with Crippen molar-refractivity contribution in [2.45, 2.75) is 104 Å². The highest BCUT2D eigenvalue weighted by Crippen LogP contribution is 2.70. The lowest BCUT2D eigenvalue weighted by Crippen LogP contribution is -2.62. The van der Waals surface area contributed by atoms with Crippen molar-refractivity contribution < 1.29 is 19.7 Å². The third-order valence-electron chi connectivity index (χ3n) is 11.8. The molecular formula is C29H46N2O4. The van der Waals surface area contributed by atoms with Crippen molar-refractivity contribution in [2.24, 2.45) is 52.3 Å². The summed E-state index contributed by atoms with van der Waals surface area (Å²) in [5, 5.41) is 27.0. The van der Waals surface area contributed by atoms with Crippen LogP contribution in [0.5, 0.6) is 5.88 Å². The fourth-order valence-electron chi connectivity index (χ4n) is 10.2. The first kappa shape index (κ1) is 25.1. The number of hydrogen-bond acceptors (Lipinski definition) is 5. The molecule has 1 heterocycles. The number of fused-ring (bicyclic) bond motifs is 5. The lowest BCUT2D eigenvalue weighted by Gasteiger charge is -2.65. The van der Waals surface area contributed by atoms with Gasteiger partial charge in [-0.15, -0.1) is 0 Å². The summed E-state index contributed by atoms with van der Waals surface area (Å²) in [5.41, 5.74) is 1.45. The molecule has 6 nitrogen and oxygen atoms in total. The van der Waals surface area contributed by atoms with Crippen LogP contribution in [0.4, 0.5) is 0 Å². The van der Waals surface area contributed by atoms with E-state index in [0.717, 1.165) is 44.2 Å². The predicted molar refractivity (Wildman–Crippen MR) is 134 cm³/mol. The van der Waals surface area contributed by atoms with Crippen LogP contribution in [0.25, 0.3) is 0 Å². The second-order valence-electron chi connectivity index (χ2n) is 13.1. The number of carbonyl (C=O) groups excluding carboxylic acids is 1. The van der Waals surface area contributed by atoms with Crippen molar-refractivity contribution in [3.8, 4) is 5.88 Å². The first-order chi connectivity index (χ1) is 16.7. The molecule has 196 valence electrons. The quantitative estimate of drug-likeness (QED) is 0.443. The molecule has 0 amide bonds. The summed E-state index contributed by atoms with van der Waals surface area (Å²) < 4.78 is 6.04. The van der Waals surface area contributed by atoms with Gasteiger partial charge in [0.1, 0.15) is 6.10 Å². The lowest BCUT2D eigenvalue weighted by molar-refractivity contribution is -0.212. The number of aliphatic hydroxyl groups is 1. The molecule has 35 heavy (non-hydrogen) atoms. The Kier molecular flexibility index (Phi) is 6.73. The van der Waals surface area contributed by atoms with Gasteiger partial charge in [0, 0.05) is 12.0 Å². The van der Waals surface area contributed by atoms with Gasteiger partial charge in [-0.25, -0.2) is 5.10 Å². The highest BCUT2D eigenvalue weighted by Gasteiger charge is 2.65. The molecule has 0 aromatic carbocycles. The minimum atomic E-state index is -0.211. The summed E-state index contributed by atoms with van der Waals surface area (Å²) in [5.74, 6) is 3.77. The van der Waals surface area contributed by atoms with Crippen LogP contribution in [0.3, 0.4) is 0 Å². The smallest absolute Gasteiger partial charge is 0.293 e. The van der Waals surface area contributed by atoms with Gasteiger partial charge in [-0.2, -0.15) is 5.10 Å². The predicted octanol–water partition coefficient (Wildman–Crippen LogP) is 5.49. The topological polar surface area (TPSA) is 95.4 Å². The Morgan fingerprint density at radius 2 is 1.91 bits per heavy atom. The number of hydrogen-bond donors (Lipinski definition) is 3. The Labute approximate surface area is 210 Å². The zero-order valence-electron chi connectivity index (χ0n) is 22.1. The van der Waals surface area contributed by atoms with Gasteiger partial charge in [-0.05, 0) is 111 Å². The van der Waals surface area contributed by atoms with E-state index in [9.17, 15) is 15.0 Å². The summed E-state index contributed by atoms with van der Waals surface area (Å²) in [6, 6.07) is 1.74. The van der Waals surface area contributed by atoms with E-state index in [0.29, 0.717) is 47.9 Å². The molecule has 1 aromatic heterocycles. The van der Waals surface area contributed by atoms with Crippen LogP contribution in [0, 0.1) is 52.3 Å². The van der Waals surface area contributed by atoms with E-state index in [2.05, 4.69) is 37.9 Å². The number of carbonyl (C=O) groups is 1.